The molecule has 0 unspecified atom stereocenters. The molecule has 1 fully saturated rings. The van der Waals surface area contributed by atoms with E-state index >= 15 is 0 Å². The molecule has 1 saturated heterocycles. The highest BCUT2D eigenvalue weighted by molar-refractivity contribution is 5.85. The molecular formula is C19H26Cl2N2. The minimum atomic E-state index is 0. The number of benzene rings is 2. The molecule has 126 valence electrons. The van der Waals surface area contributed by atoms with E-state index in [2.05, 4.69) is 65.2 Å². The van der Waals surface area contributed by atoms with E-state index in [9.17, 15) is 0 Å². The Morgan fingerprint density at radius 2 is 1.43 bits per heavy atom. The zero-order valence-corrected chi connectivity index (χ0v) is 15.0. The van der Waals surface area contributed by atoms with E-state index in [4.69, 9.17) is 0 Å². The smallest absolute Gasteiger partial charge is 0.0205 e. The first-order chi connectivity index (χ1) is 10.4. The van der Waals surface area contributed by atoms with Crippen molar-refractivity contribution in [2.45, 2.75) is 19.4 Å². The summed E-state index contributed by atoms with van der Waals surface area (Å²) in [7, 11) is 0. The molecule has 23 heavy (non-hydrogen) atoms. The maximum atomic E-state index is 3.60. The van der Waals surface area contributed by atoms with Crippen LogP contribution in [-0.2, 0) is 6.54 Å². The molecule has 3 rings (SSSR count). The van der Waals surface area contributed by atoms with Crippen molar-refractivity contribution in [2.75, 3.05) is 19.6 Å². The Bertz CT molecular complexity index is 537. The quantitative estimate of drug-likeness (QED) is 0.838. The maximum Gasteiger partial charge on any atom is 0.0205 e. The van der Waals surface area contributed by atoms with E-state index in [-0.39, 0.29) is 24.8 Å². The minimum Gasteiger partial charge on any atom is -0.317 e. The van der Waals surface area contributed by atoms with Crippen LogP contribution >= 0.6 is 24.8 Å². The van der Waals surface area contributed by atoms with E-state index in [1.165, 1.54) is 42.6 Å². The third-order valence-electron chi connectivity index (χ3n) is 4.28. The highest BCUT2D eigenvalue weighted by Crippen LogP contribution is 2.19. The molecule has 2 aromatic rings. The van der Waals surface area contributed by atoms with Crippen molar-refractivity contribution in [2.24, 2.45) is 5.92 Å². The summed E-state index contributed by atoms with van der Waals surface area (Å²) in [5, 5.41) is 7.02. The van der Waals surface area contributed by atoms with Gasteiger partial charge in [-0.1, -0.05) is 54.6 Å². The fraction of sp³-hybridized carbons (Fsp3) is 0.368. The molecule has 0 radical (unpaired) electrons. The second kappa shape index (κ2) is 10.7. The zero-order chi connectivity index (χ0) is 14.3. The molecule has 1 aliphatic rings. The number of halogens is 2. The van der Waals surface area contributed by atoms with E-state index in [1.54, 1.807) is 0 Å². The van der Waals surface area contributed by atoms with Gasteiger partial charge in [-0.3, -0.25) is 0 Å². The van der Waals surface area contributed by atoms with Crippen LogP contribution in [0.3, 0.4) is 0 Å². The summed E-state index contributed by atoms with van der Waals surface area (Å²) in [5.74, 6) is 0.842. The van der Waals surface area contributed by atoms with Crippen molar-refractivity contribution in [3.63, 3.8) is 0 Å². The van der Waals surface area contributed by atoms with Gasteiger partial charge in [0.15, 0.2) is 0 Å². The summed E-state index contributed by atoms with van der Waals surface area (Å²) in [6.45, 7) is 4.47. The molecule has 1 aliphatic heterocycles. The molecule has 0 aromatic heterocycles. The van der Waals surface area contributed by atoms with E-state index in [0.29, 0.717) is 0 Å². The molecular weight excluding hydrogens is 327 g/mol. The second-order valence-electron chi connectivity index (χ2n) is 5.89. The van der Waals surface area contributed by atoms with Crippen LogP contribution < -0.4 is 10.6 Å². The van der Waals surface area contributed by atoms with Gasteiger partial charge < -0.3 is 10.6 Å². The van der Waals surface area contributed by atoms with Crippen molar-refractivity contribution in [3.8, 4) is 11.1 Å². The molecule has 0 amide bonds. The second-order valence-corrected chi connectivity index (χ2v) is 5.89. The van der Waals surface area contributed by atoms with Crippen LogP contribution in [0.25, 0.3) is 11.1 Å². The van der Waals surface area contributed by atoms with Crippen molar-refractivity contribution in [3.05, 3.63) is 60.2 Å². The molecule has 0 aliphatic carbocycles. The summed E-state index contributed by atoms with van der Waals surface area (Å²) in [5.41, 5.74) is 3.94. The molecule has 2 N–H and O–H groups in total. The Balaban J connectivity index is 0.00000132. The topological polar surface area (TPSA) is 24.1 Å². The first kappa shape index (κ1) is 20.0. The SMILES string of the molecule is Cl.Cl.c1ccc(-c2ccc(CNCC3CCNCC3)cc2)cc1. The number of piperidine rings is 1. The Morgan fingerprint density at radius 1 is 0.826 bits per heavy atom. The lowest BCUT2D eigenvalue weighted by atomic mass is 9.98. The predicted octanol–water partition coefficient (Wildman–Crippen LogP) is 4.29. The first-order valence-corrected chi connectivity index (χ1v) is 7.97. The Hall–Kier alpha value is -1.06. The van der Waals surface area contributed by atoms with Gasteiger partial charge in [0.2, 0.25) is 0 Å². The van der Waals surface area contributed by atoms with Gasteiger partial charge in [0.05, 0.1) is 0 Å². The number of hydrogen-bond donors (Lipinski definition) is 2. The summed E-state index contributed by atoms with van der Waals surface area (Å²) < 4.78 is 0. The average Bonchev–Trinajstić information content (AvgIpc) is 2.57. The summed E-state index contributed by atoms with van der Waals surface area (Å²) in [4.78, 5) is 0. The van der Waals surface area contributed by atoms with E-state index < -0.39 is 0 Å². The molecule has 0 saturated carbocycles. The third kappa shape index (κ3) is 6.15. The van der Waals surface area contributed by atoms with Crippen molar-refractivity contribution in [1.82, 2.24) is 10.6 Å². The Kier molecular flexibility index (Phi) is 9.27. The Labute approximate surface area is 151 Å². The average molecular weight is 353 g/mol. The summed E-state index contributed by atoms with van der Waals surface area (Å²) >= 11 is 0. The van der Waals surface area contributed by atoms with Crippen LogP contribution in [0.5, 0.6) is 0 Å². The van der Waals surface area contributed by atoms with Crippen LogP contribution in [0.15, 0.2) is 54.6 Å². The van der Waals surface area contributed by atoms with Gasteiger partial charge in [-0.05, 0) is 55.1 Å². The number of rotatable bonds is 5. The number of hydrogen-bond acceptors (Lipinski definition) is 2. The molecule has 4 heteroatoms. The molecule has 0 bridgehead atoms. The van der Waals surface area contributed by atoms with Gasteiger partial charge >= 0.3 is 0 Å². The summed E-state index contributed by atoms with van der Waals surface area (Å²) in [6.07, 6.45) is 2.61. The van der Waals surface area contributed by atoms with Gasteiger partial charge in [0.25, 0.3) is 0 Å². The predicted molar refractivity (Wildman–Crippen MR) is 104 cm³/mol. The fourth-order valence-corrected chi connectivity index (χ4v) is 2.95. The maximum absolute atomic E-state index is 3.60. The molecule has 2 aromatic carbocycles. The van der Waals surface area contributed by atoms with E-state index in [0.717, 1.165) is 19.0 Å². The van der Waals surface area contributed by atoms with Crippen molar-refractivity contribution < 1.29 is 0 Å². The Morgan fingerprint density at radius 3 is 2.09 bits per heavy atom. The highest BCUT2D eigenvalue weighted by atomic mass is 35.5. The molecule has 0 atom stereocenters. The van der Waals surface area contributed by atoms with Gasteiger partial charge in [0.1, 0.15) is 0 Å². The summed E-state index contributed by atoms with van der Waals surface area (Å²) in [6, 6.07) is 19.5. The lowest BCUT2D eigenvalue weighted by Gasteiger charge is -2.22. The largest absolute Gasteiger partial charge is 0.317 e. The third-order valence-corrected chi connectivity index (χ3v) is 4.28. The van der Waals surface area contributed by atoms with Gasteiger partial charge in [0, 0.05) is 6.54 Å². The molecule has 0 spiro atoms. The first-order valence-electron chi connectivity index (χ1n) is 7.97. The normalized spacial score (nSPS) is 14.6. The minimum absolute atomic E-state index is 0. The lowest BCUT2D eigenvalue weighted by Crippen LogP contribution is -2.33. The van der Waals surface area contributed by atoms with Crippen molar-refractivity contribution >= 4 is 24.8 Å². The van der Waals surface area contributed by atoms with Crippen LogP contribution in [0.2, 0.25) is 0 Å². The zero-order valence-electron chi connectivity index (χ0n) is 13.3. The van der Waals surface area contributed by atoms with Crippen LogP contribution in [-0.4, -0.2) is 19.6 Å². The molecule has 1 heterocycles. The number of nitrogens with one attached hydrogen (secondary N) is 2. The van der Waals surface area contributed by atoms with E-state index in [1.807, 2.05) is 0 Å². The molecule has 2 nitrogen and oxygen atoms in total. The standard InChI is InChI=1S/C19H24N2.2ClH/c1-2-4-18(5-3-1)19-8-6-16(7-9-19)14-21-15-17-10-12-20-13-11-17;;/h1-9,17,20-21H,10-15H2;2*1H. The fourth-order valence-electron chi connectivity index (χ4n) is 2.95. The van der Waals surface area contributed by atoms with Gasteiger partial charge in [-0.15, -0.1) is 24.8 Å². The van der Waals surface area contributed by atoms with Crippen LogP contribution in [0.1, 0.15) is 18.4 Å². The highest BCUT2D eigenvalue weighted by Gasteiger charge is 2.11. The lowest BCUT2D eigenvalue weighted by molar-refractivity contribution is 0.356. The van der Waals surface area contributed by atoms with Crippen molar-refractivity contribution in [1.29, 1.82) is 0 Å². The van der Waals surface area contributed by atoms with Gasteiger partial charge in [-0.25, -0.2) is 0 Å². The monoisotopic (exact) mass is 352 g/mol. The van der Waals surface area contributed by atoms with Crippen LogP contribution in [0, 0.1) is 5.92 Å². The van der Waals surface area contributed by atoms with Crippen LogP contribution in [0.4, 0.5) is 0 Å². The van der Waals surface area contributed by atoms with Gasteiger partial charge in [-0.2, -0.15) is 0 Å².